The summed E-state index contributed by atoms with van der Waals surface area (Å²) in [5, 5.41) is 3.28. The average Bonchev–Trinajstić information content (AvgIpc) is 1.72. The van der Waals surface area contributed by atoms with E-state index in [1.165, 1.54) is 32.4 Å². The van der Waals surface area contributed by atoms with Crippen molar-refractivity contribution in [1.29, 1.82) is 0 Å². The van der Waals surface area contributed by atoms with Crippen LogP contribution in [0.15, 0.2) is 0 Å². The molecule has 0 aromatic carbocycles. The van der Waals surface area contributed by atoms with E-state index in [2.05, 4.69) is 5.32 Å². The Labute approximate surface area is 52.4 Å². The zero-order valence-electron chi connectivity index (χ0n) is 5.41. The van der Waals surface area contributed by atoms with Crippen molar-refractivity contribution < 1.29 is 13.8 Å². The zero-order valence-corrected chi connectivity index (χ0v) is 5.17. The van der Waals surface area contributed by atoms with E-state index in [9.17, 15) is 0 Å². The lowest BCUT2D eigenvalue weighted by Gasteiger charge is -2.08. The van der Waals surface area contributed by atoms with E-state index in [-0.39, 0.29) is 13.8 Å². The Hall–Kier alpha value is 0.250. The van der Waals surface area contributed by atoms with E-state index >= 15 is 0 Å². The molecule has 0 amide bonds. The molecule has 0 bridgehead atoms. The molecule has 1 saturated heterocycles. The number of halogens is 1. The van der Waals surface area contributed by atoms with Gasteiger partial charge in [0.15, 0.2) is 0 Å². The van der Waals surface area contributed by atoms with E-state index in [0.29, 0.717) is 0 Å². The molecule has 7 heavy (non-hydrogen) atoms. The molecule has 1 N–H and O–H groups in total. The quantitative estimate of drug-likeness (QED) is 0.387. The predicted octanol–water partition coefficient (Wildman–Crippen LogP) is -2.12. The molecule has 1 rings (SSSR count). The molecule has 44 valence electrons. The second-order valence-corrected chi connectivity index (χ2v) is 1.81. The second kappa shape index (κ2) is 4.41. The van der Waals surface area contributed by atoms with Crippen LogP contribution in [0, 0.1) is 0 Å². The van der Waals surface area contributed by atoms with Crippen LogP contribution in [0.2, 0.25) is 0 Å². The van der Waals surface area contributed by atoms with Gasteiger partial charge in [0.2, 0.25) is 0 Å². The molecular formula is C5H12ClN. The first kappa shape index (κ1) is 7.25. The summed E-state index contributed by atoms with van der Waals surface area (Å²) in [7, 11) is 0. The highest BCUT2D eigenvalue weighted by Gasteiger charge is 1.93. The van der Waals surface area contributed by atoms with Crippen LogP contribution in [0.5, 0.6) is 0 Å². The van der Waals surface area contributed by atoms with Gasteiger partial charge < -0.3 is 17.7 Å². The summed E-state index contributed by atoms with van der Waals surface area (Å²) in [6.07, 6.45) is 4.22. The molecule has 1 aliphatic rings. The third-order valence-electron chi connectivity index (χ3n) is 1.21. The van der Waals surface area contributed by atoms with E-state index in [0.717, 1.165) is 0 Å². The maximum Gasteiger partial charge on any atom is 1.00 e. The molecule has 1 aliphatic heterocycles. The Morgan fingerprint density at radius 2 is 1.57 bits per heavy atom. The minimum absolute atomic E-state index is 0. The van der Waals surface area contributed by atoms with E-state index in [1.54, 1.807) is 0 Å². The lowest BCUT2D eigenvalue weighted by atomic mass is 10.2. The Kier molecular flexibility index (Phi) is 4.57. The van der Waals surface area contributed by atoms with Gasteiger partial charge >= 0.3 is 1.43 Å². The number of piperidine rings is 1. The van der Waals surface area contributed by atoms with Crippen molar-refractivity contribution in [2.75, 3.05) is 13.1 Å². The second-order valence-electron chi connectivity index (χ2n) is 1.81. The van der Waals surface area contributed by atoms with Gasteiger partial charge in [0.05, 0.1) is 0 Å². The molecule has 0 aromatic rings. The van der Waals surface area contributed by atoms with Crippen molar-refractivity contribution in [2.45, 2.75) is 19.3 Å². The molecule has 0 radical (unpaired) electrons. The van der Waals surface area contributed by atoms with Crippen LogP contribution in [0.3, 0.4) is 0 Å². The van der Waals surface area contributed by atoms with Gasteiger partial charge in [0, 0.05) is 0 Å². The van der Waals surface area contributed by atoms with Crippen molar-refractivity contribution in [3.05, 3.63) is 0 Å². The summed E-state index contributed by atoms with van der Waals surface area (Å²) < 4.78 is 0. The molecule has 1 fully saturated rings. The van der Waals surface area contributed by atoms with Gasteiger partial charge in [-0.2, -0.15) is 0 Å². The van der Waals surface area contributed by atoms with Gasteiger partial charge in [-0.05, 0) is 25.9 Å². The molecule has 0 aliphatic carbocycles. The highest BCUT2D eigenvalue weighted by Crippen LogP contribution is 1.96. The summed E-state index contributed by atoms with van der Waals surface area (Å²) in [4.78, 5) is 0. The summed E-state index contributed by atoms with van der Waals surface area (Å²) in [5.41, 5.74) is 0. The molecule has 1 nitrogen and oxygen atoms in total. The van der Waals surface area contributed by atoms with E-state index in [1.807, 2.05) is 0 Å². The van der Waals surface area contributed by atoms with Crippen molar-refractivity contribution in [1.82, 2.24) is 5.32 Å². The summed E-state index contributed by atoms with van der Waals surface area (Å²) in [5.74, 6) is 0. The van der Waals surface area contributed by atoms with Crippen LogP contribution < -0.4 is 17.7 Å². The van der Waals surface area contributed by atoms with E-state index < -0.39 is 0 Å². The summed E-state index contributed by atoms with van der Waals surface area (Å²) in [6.45, 7) is 2.50. The SMILES string of the molecule is C1CCNCC1.[Cl-].[H+]. The molecule has 0 spiro atoms. The smallest absolute Gasteiger partial charge is 1.00 e. The molecule has 0 aromatic heterocycles. The highest BCUT2D eigenvalue weighted by molar-refractivity contribution is 4.55. The zero-order chi connectivity index (χ0) is 4.24. The molecule has 0 saturated carbocycles. The maximum atomic E-state index is 3.28. The Morgan fingerprint density at radius 1 is 1.00 bits per heavy atom. The first-order chi connectivity index (χ1) is 3.00. The Balaban J connectivity index is 0. The monoisotopic (exact) mass is 121 g/mol. The van der Waals surface area contributed by atoms with Gasteiger partial charge in [0.25, 0.3) is 0 Å². The standard InChI is InChI=1S/C5H11N.ClH/c1-2-4-6-5-3-1;/h6H,1-5H2;1H. The van der Waals surface area contributed by atoms with Gasteiger partial charge in [-0.15, -0.1) is 0 Å². The van der Waals surface area contributed by atoms with E-state index in [4.69, 9.17) is 0 Å². The summed E-state index contributed by atoms with van der Waals surface area (Å²) >= 11 is 0. The molecular weight excluding hydrogens is 110 g/mol. The van der Waals surface area contributed by atoms with Crippen LogP contribution in [0.4, 0.5) is 0 Å². The third-order valence-corrected chi connectivity index (χ3v) is 1.21. The lowest BCUT2D eigenvalue weighted by Crippen LogP contribution is -3.00. The lowest BCUT2D eigenvalue weighted by molar-refractivity contribution is -0.00000134. The van der Waals surface area contributed by atoms with Crippen molar-refractivity contribution in [2.24, 2.45) is 0 Å². The fourth-order valence-corrected chi connectivity index (χ4v) is 0.802. The number of rotatable bonds is 0. The molecule has 1 heterocycles. The largest absolute Gasteiger partial charge is 1.00 e. The minimum atomic E-state index is 0. The molecule has 0 unspecified atom stereocenters. The number of hydrogen-bond acceptors (Lipinski definition) is 1. The topological polar surface area (TPSA) is 12.0 Å². The molecule has 0 atom stereocenters. The fourth-order valence-electron chi connectivity index (χ4n) is 0.802. The van der Waals surface area contributed by atoms with Crippen LogP contribution in [-0.2, 0) is 0 Å². The maximum absolute atomic E-state index is 3.28. The van der Waals surface area contributed by atoms with Gasteiger partial charge in [-0.3, -0.25) is 0 Å². The van der Waals surface area contributed by atoms with Gasteiger partial charge in [0.1, 0.15) is 0 Å². The first-order valence-electron chi connectivity index (χ1n) is 2.71. The Bertz CT molecular complexity index is 27.9. The molecule has 2 heteroatoms. The van der Waals surface area contributed by atoms with Crippen molar-refractivity contribution in [3.63, 3.8) is 0 Å². The van der Waals surface area contributed by atoms with Gasteiger partial charge in [-0.25, -0.2) is 0 Å². The van der Waals surface area contributed by atoms with Crippen LogP contribution in [-0.4, -0.2) is 13.1 Å². The number of nitrogens with one attached hydrogen (secondary N) is 1. The minimum Gasteiger partial charge on any atom is -1.00 e. The highest BCUT2D eigenvalue weighted by atomic mass is 35.5. The van der Waals surface area contributed by atoms with Crippen LogP contribution in [0.1, 0.15) is 20.7 Å². The van der Waals surface area contributed by atoms with Crippen LogP contribution in [0.25, 0.3) is 0 Å². The fraction of sp³-hybridized carbons (Fsp3) is 1.00. The van der Waals surface area contributed by atoms with Crippen molar-refractivity contribution >= 4 is 0 Å². The summed E-state index contributed by atoms with van der Waals surface area (Å²) in [6, 6.07) is 0. The third kappa shape index (κ3) is 2.89. The normalized spacial score (nSPS) is 20.6. The Morgan fingerprint density at radius 3 is 1.71 bits per heavy atom. The average molecular weight is 122 g/mol. The van der Waals surface area contributed by atoms with Crippen molar-refractivity contribution in [3.8, 4) is 0 Å². The van der Waals surface area contributed by atoms with Gasteiger partial charge in [-0.1, -0.05) is 6.42 Å². The van der Waals surface area contributed by atoms with Crippen LogP contribution >= 0.6 is 0 Å². The number of hydrogen-bond donors (Lipinski definition) is 1. The first-order valence-corrected chi connectivity index (χ1v) is 2.71. The predicted molar refractivity (Wildman–Crippen MR) is 27.8 cm³/mol.